The van der Waals surface area contributed by atoms with Crippen LogP contribution in [0.4, 0.5) is 0 Å². The predicted molar refractivity (Wildman–Crippen MR) is 307 cm³/mol. The van der Waals surface area contributed by atoms with Crippen molar-refractivity contribution >= 4 is 17.9 Å². The van der Waals surface area contributed by atoms with Gasteiger partial charge in [-0.05, 0) is 70.6 Å². The van der Waals surface area contributed by atoms with Gasteiger partial charge >= 0.3 is 17.9 Å². The molecule has 0 bridgehead atoms. The number of rotatable bonds is 55. The van der Waals surface area contributed by atoms with Crippen molar-refractivity contribution in [3.05, 3.63) is 72.9 Å². The Hall–Kier alpha value is -3.15. The van der Waals surface area contributed by atoms with Crippen LogP contribution in [-0.2, 0) is 28.6 Å². The number of allylic oxidation sites excluding steroid dienone is 12. The molecule has 0 saturated carbocycles. The van der Waals surface area contributed by atoms with Crippen molar-refractivity contribution in [2.45, 2.75) is 309 Å². The van der Waals surface area contributed by atoms with E-state index < -0.39 is 6.10 Å². The van der Waals surface area contributed by atoms with Crippen LogP contribution in [-0.4, -0.2) is 37.2 Å². The lowest BCUT2D eigenvalue weighted by Crippen LogP contribution is -2.30. The molecule has 0 fully saturated rings. The minimum absolute atomic E-state index is 0.0733. The summed E-state index contributed by atoms with van der Waals surface area (Å²) in [4.78, 5) is 38.2. The summed E-state index contributed by atoms with van der Waals surface area (Å²) < 4.78 is 16.9. The summed E-state index contributed by atoms with van der Waals surface area (Å²) in [7, 11) is 0. The molecule has 0 aliphatic carbocycles. The predicted octanol–water partition coefficient (Wildman–Crippen LogP) is 20.5. The molecule has 0 radical (unpaired) electrons. The van der Waals surface area contributed by atoms with Crippen LogP contribution >= 0.6 is 0 Å². The Bertz CT molecular complexity index is 1320. The SMILES string of the molecule is CC/C=C\C/C=C\C/C=C\C/C=C\C/C=C\C/C=C\CCCCCCCCCCC(=O)OCC(COC(=O)CCCCCCCCCCCCC)OC(=O)CCCCCCCCCCCCCCCCC. The summed E-state index contributed by atoms with van der Waals surface area (Å²) in [6, 6.07) is 0. The topological polar surface area (TPSA) is 78.9 Å². The first-order chi connectivity index (χ1) is 35.0. The molecule has 71 heavy (non-hydrogen) atoms. The van der Waals surface area contributed by atoms with Gasteiger partial charge in [0.1, 0.15) is 13.2 Å². The van der Waals surface area contributed by atoms with Crippen LogP contribution in [0.1, 0.15) is 303 Å². The van der Waals surface area contributed by atoms with Gasteiger partial charge in [0, 0.05) is 19.3 Å². The van der Waals surface area contributed by atoms with Gasteiger partial charge in [-0.1, -0.05) is 286 Å². The van der Waals surface area contributed by atoms with E-state index in [-0.39, 0.29) is 31.1 Å². The molecule has 0 aromatic heterocycles. The Morgan fingerprint density at radius 1 is 0.296 bits per heavy atom. The number of hydrogen-bond donors (Lipinski definition) is 0. The maximum atomic E-state index is 12.9. The van der Waals surface area contributed by atoms with Crippen molar-refractivity contribution in [3.63, 3.8) is 0 Å². The molecular weight excluding hydrogens is 877 g/mol. The smallest absolute Gasteiger partial charge is 0.306 e. The lowest BCUT2D eigenvalue weighted by molar-refractivity contribution is -0.167. The molecule has 0 saturated heterocycles. The number of hydrogen-bond acceptors (Lipinski definition) is 6. The van der Waals surface area contributed by atoms with Gasteiger partial charge in [0.05, 0.1) is 0 Å². The molecule has 1 unspecified atom stereocenters. The van der Waals surface area contributed by atoms with Gasteiger partial charge in [0.25, 0.3) is 0 Å². The zero-order valence-corrected chi connectivity index (χ0v) is 47.0. The molecule has 1 atom stereocenters. The van der Waals surface area contributed by atoms with Crippen LogP contribution in [0, 0.1) is 0 Å². The molecule has 410 valence electrons. The van der Waals surface area contributed by atoms with E-state index in [0.717, 1.165) is 103 Å². The van der Waals surface area contributed by atoms with Crippen molar-refractivity contribution in [1.29, 1.82) is 0 Å². The minimum Gasteiger partial charge on any atom is -0.462 e. The fourth-order valence-electron chi connectivity index (χ4n) is 8.68. The molecule has 0 aliphatic rings. The van der Waals surface area contributed by atoms with Crippen LogP contribution < -0.4 is 0 Å². The Morgan fingerprint density at radius 2 is 0.549 bits per heavy atom. The third kappa shape index (κ3) is 57.6. The van der Waals surface area contributed by atoms with Crippen LogP contribution in [0.3, 0.4) is 0 Å². The van der Waals surface area contributed by atoms with Crippen molar-refractivity contribution in [2.75, 3.05) is 13.2 Å². The maximum absolute atomic E-state index is 12.9. The number of ether oxygens (including phenoxy) is 3. The highest BCUT2D eigenvalue weighted by molar-refractivity contribution is 5.71. The number of unbranched alkanes of at least 4 members (excludes halogenated alkanes) is 32. The Kier molecular flexibility index (Phi) is 56.8. The molecule has 6 nitrogen and oxygen atoms in total. The quantitative estimate of drug-likeness (QED) is 0.0261. The van der Waals surface area contributed by atoms with Gasteiger partial charge in [0.2, 0.25) is 0 Å². The van der Waals surface area contributed by atoms with Gasteiger partial charge in [-0.25, -0.2) is 0 Å². The monoisotopic (exact) mass is 991 g/mol. The number of carbonyl (C=O) groups is 3. The average molecular weight is 992 g/mol. The fraction of sp³-hybridized carbons (Fsp3) is 0.769. The summed E-state index contributed by atoms with van der Waals surface area (Å²) in [5.41, 5.74) is 0. The first kappa shape index (κ1) is 67.8. The third-order valence-electron chi connectivity index (χ3n) is 13.2. The lowest BCUT2D eigenvalue weighted by Gasteiger charge is -2.18. The van der Waals surface area contributed by atoms with Gasteiger partial charge in [-0.2, -0.15) is 0 Å². The van der Waals surface area contributed by atoms with Gasteiger partial charge in [-0.3, -0.25) is 14.4 Å². The van der Waals surface area contributed by atoms with E-state index in [1.807, 2.05) is 0 Å². The Labute approximate surface area is 440 Å². The summed E-state index contributed by atoms with van der Waals surface area (Å²) in [6.45, 7) is 6.54. The second-order valence-corrected chi connectivity index (χ2v) is 20.2. The zero-order chi connectivity index (χ0) is 51.4. The summed E-state index contributed by atoms with van der Waals surface area (Å²) in [5, 5.41) is 0. The van der Waals surface area contributed by atoms with Crippen LogP contribution in [0.25, 0.3) is 0 Å². The van der Waals surface area contributed by atoms with Crippen LogP contribution in [0.2, 0.25) is 0 Å². The van der Waals surface area contributed by atoms with Crippen molar-refractivity contribution in [1.82, 2.24) is 0 Å². The average Bonchev–Trinajstić information content (AvgIpc) is 3.37. The van der Waals surface area contributed by atoms with Crippen molar-refractivity contribution in [3.8, 4) is 0 Å². The summed E-state index contributed by atoms with van der Waals surface area (Å²) in [6.07, 6.45) is 76.1. The molecule has 0 aromatic rings. The molecule has 0 aromatic carbocycles. The molecule has 0 spiro atoms. The molecule has 6 heteroatoms. The van der Waals surface area contributed by atoms with Gasteiger partial charge in [0.15, 0.2) is 6.10 Å². The summed E-state index contributed by atoms with van der Waals surface area (Å²) in [5.74, 6) is -0.869. The van der Waals surface area contributed by atoms with E-state index in [4.69, 9.17) is 14.2 Å². The van der Waals surface area contributed by atoms with E-state index in [1.165, 1.54) is 161 Å². The largest absolute Gasteiger partial charge is 0.462 e. The Balaban J connectivity index is 4.26. The van der Waals surface area contributed by atoms with Gasteiger partial charge in [-0.15, -0.1) is 0 Å². The first-order valence-corrected chi connectivity index (χ1v) is 30.4. The molecule has 0 aliphatic heterocycles. The highest BCUT2D eigenvalue weighted by Gasteiger charge is 2.19. The molecule has 0 heterocycles. The minimum atomic E-state index is -0.775. The maximum Gasteiger partial charge on any atom is 0.306 e. The van der Waals surface area contributed by atoms with E-state index in [0.29, 0.717) is 19.3 Å². The van der Waals surface area contributed by atoms with E-state index in [2.05, 4.69) is 93.7 Å². The normalized spacial score (nSPS) is 12.5. The zero-order valence-electron chi connectivity index (χ0n) is 47.0. The molecule has 0 N–H and O–H groups in total. The van der Waals surface area contributed by atoms with Crippen LogP contribution in [0.5, 0.6) is 0 Å². The number of carbonyl (C=O) groups excluding carboxylic acids is 3. The molecular formula is C65H114O6. The van der Waals surface area contributed by atoms with Crippen LogP contribution in [0.15, 0.2) is 72.9 Å². The second kappa shape index (κ2) is 59.4. The van der Waals surface area contributed by atoms with Crippen molar-refractivity contribution in [2.24, 2.45) is 0 Å². The van der Waals surface area contributed by atoms with E-state index >= 15 is 0 Å². The fourth-order valence-corrected chi connectivity index (χ4v) is 8.68. The van der Waals surface area contributed by atoms with E-state index in [9.17, 15) is 14.4 Å². The molecule has 0 amide bonds. The lowest BCUT2D eigenvalue weighted by atomic mass is 10.0. The number of esters is 3. The first-order valence-electron chi connectivity index (χ1n) is 30.4. The summed E-state index contributed by atoms with van der Waals surface area (Å²) >= 11 is 0. The standard InChI is InChI=1S/C65H114O6/c1-4-7-10-13-16-19-22-24-26-27-28-29-30-31-32-33-34-35-36-37-39-40-43-46-49-52-55-58-64(67)70-61-62(60-69-63(66)57-54-51-48-45-42-21-18-15-12-9-6-3)71-65(68)59-56-53-50-47-44-41-38-25-23-20-17-14-11-8-5-2/h7,10,16,19,24,26,28-29,31-32,34-35,62H,4-6,8-9,11-15,17-18,20-23,25,27,30,33,36-61H2,1-3H3/b10-7-,19-16-,26-24-,29-28-,32-31-,35-34-. The highest BCUT2D eigenvalue weighted by Crippen LogP contribution is 2.16. The van der Waals surface area contributed by atoms with E-state index in [1.54, 1.807) is 0 Å². The highest BCUT2D eigenvalue weighted by atomic mass is 16.6. The second-order valence-electron chi connectivity index (χ2n) is 20.2. The Morgan fingerprint density at radius 3 is 0.859 bits per heavy atom. The van der Waals surface area contributed by atoms with Crippen molar-refractivity contribution < 1.29 is 28.6 Å². The van der Waals surface area contributed by atoms with Gasteiger partial charge < -0.3 is 14.2 Å². The molecule has 0 rings (SSSR count). The third-order valence-corrected chi connectivity index (χ3v) is 13.2.